The van der Waals surface area contributed by atoms with Gasteiger partial charge in [0.2, 0.25) is 0 Å². The van der Waals surface area contributed by atoms with Crippen LogP contribution in [0.4, 0.5) is 0 Å². The van der Waals surface area contributed by atoms with Gasteiger partial charge in [-0.3, -0.25) is 4.79 Å². The molecule has 0 aromatic carbocycles. The van der Waals surface area contributed by atoms with Gasteiger partial charge in [0.1, 0.15) is 0 Å². The van der Waals surface area contributed by atoms with Crippen molar-refractivity contribution in [1.29, 1.82) is 0 Å². The molecule has 1 aliphatic heterocycles. The van der Waals surface area contributed by atoms with Crippen molar-refractivity contribution in [2.24, 2.45) is 5.92 Å². The Hall–Kier alpha value is -0.570. The first kappa shape index (κ1) is 7.54. The zero-order valence-corrected chi connectivity index (χ0v) is 6.26. The van der Waals surface area contributed by atoms with Crippen LogP contribution in [0.5, 0.6) is 0 Å². The molecule has 0 aromatic rings. The molecule has 0 bridgehead atoms. The standard InChI is InChI=1S/C7H12O3/c1-7(2,9)5-3-6(8)10-4-5/h5,9H,3-4H2,1-2H3. The van der Waals surface area contributed by atoms with Crippen molar-refractivity contribution in [2.45, 2.75) is 25.9 Å². The number of carbonyl (C=O) groups excluding carboxylic acids is 1. The van der Waals surface area contributed by atoms with Gasteiger partial charge in [-0.2, -0.15) is 0 Å². The Morgan fingerprint density at radius 1 is 1.70 bits per heavy atom. The maximum absolute atomic E-state index is 10.6. The van der Waals surface area contributed by atoms with Crippen LogP contribution in [-0.4, -0.2) is 23.3 Å². The molecule has 1 aliphatic rings. The summed E-state index contributed by atoms with van der Waals surface area (Å²) in [7, 11) is 0. The molecular weight excluding hydrogens is 132 g/mol. The molecule has 1 N–H and O–H groups in total. The second-order valence-electron chi connectivity index (χ2n) is 3.24. The average Bonchev–Trinajstić information content (AvgIpc) is 2.11. The van der Waals surface area contributed by atoms with Crippen LogP contribution >= 0.6 is 0 Å². The summed E-state index contributed by atoms with van der Waals surface area (Å²) < 4.78 is 4.69. The van der Waals surface area contributed by atoms with Crippen LogP contribution in [0.3, 0.4) is 0 Å². The third-order valence-corrected chi connectivity index (χ3v) is 1.86. The lowest BCUT2D eigenvalue weighted by Crippen LogP contribution is -2.30. The number of aliphatic hydroxyl groups is 1. The lowest BCUT2D eigenvalue weighted by molar-refractivity contribution is -0.137. The van der Waals surface area contributed by atoms with Gasteiger partial charge >= 0.3 is 5.97 Å². The van der Waals surface area contributed by atoms with Gasteiger partial charge in [0, 0.05) is 5.92 Å². The monoisotopic (exact) mass is 144 g/mol. The Kier molecular flexibility index (Phi) is 1.68. The summed E-state index contributed by atoms with van der Waals surface area (Å²) in [6.45, 7) is 3.75. The number of rotatable bonds is 1. The van der Waals surface area contributed by atoms with Gasteiger partial charge < -0.3 is 9.84 Å². The minimum atomic E-state index is -0.786. The molecule has 0 aliphatic carbocycles. The van der Waals surface area contributed by atoms with E-state index in [1.807, 2.05) is 0 Å². The van der Waals surface area contributed by atoms with Crippen LogP contribution in [0.25, 0.3) is 0 Å². The number of hydrogen-bond donors (Lipinski definition) is 1. The van der Waals surface area contributed by atoms with Crippen LogP contribution in [0.1, 0.15) is 20.3 Å². The highest BCUT2D eigenvalue weighted by Gasteiger charge is 2.34. The van der Waals surface area contributed by atoms with E-state index in [1.165, 1.54) is 0 Å². The highest BCUT2D eigenvalue weighted by molar-refractivity contribution is 5.71. The summed E-state index contributed by atoms with van der Waals surface area (Å²) >= 11 is 0. The van der Waals surface area contributed by atoms with Gasteiger partial charge in [-0.25, -0.2) is 0 Å². The molecule has 0 amide bonds. The molecule has 1 heterocycles. The van der Waals surface area contributed by atoms with Gasteiger partial charge in [0.05, 0.1) is 18.6 Å². The topological polar surface area (TPSA) is 46.5 Å². The van der Waals surface area contributed by atoms with Crippen LogP contribution in [0.15, 0.2) is 0 Å². The molecule has 3 heteroatoms. The zero-order chi connectivity index (χ0) is 7.78. The van der Waals surface area contributed by atoms with Gasteiger partial charge in [-0.1, -0.05) is 0 Å². The van der Waals surface area contributed by atoms with Crippen molar-refractivity contribution in [2.75, 3.05) is 6.61 Å². The number of carbonyl (C=O) groups is 1. The Bertz CT molecular complexity index is 145. The van der Waals surface area contributed by atoms with Gasteiger partial charge in [-0.05, 0) is 13.8 Å². The molecule has 3 nitrogen and oxygen atoms in total. The first-order valence-electron chi connectivity index (χ1n) is 3.38. The Labute approximate surface area is 60.0 Å². The average molecular weight is 144 g/mol. The fourth-order valence-corrected chi connectivity index (χ4v) is 0.966. The van der Waals surface area contributed by atoms with E-state index in [4.69, 9.17) is 4.74 Å². The van der Waals surface area contributed by atoms with Crippen molar-refractivity contribution >= 4 is 5.97 Å². The van der Waals surface area contributed by atoms with Crippen LogP contribution in [0, 0.1) is 5.92 Å². The zero-order valence-electron chi connectivity index (χ0n) is 6.26. The van der Waals surface area contributed by atoms with Crippen molar-refractivity contribution in [3.05, 3.63) is 0 Å². The molecule has 1 unspecified atom stereocenters. The minimum absolute atomic E-state index is 0.0278. The predicted molar refractivity (Wildman–Crippen MR) is 35.4 cm³/mol. The fraction of sp³-hybridized carbons (Fsp3) is 0.857. The quantitative estimate of drug-likeness (QED) is 0.539. The normalized spacial score (nSPS) is 26.7. The van der Waals surface area contributed by atoms with Gasteiger partial charge in [-0.15, -0.1) is 0 Å². The SMILES string of the molecule is CC(C)(O)C1COC(=O)C1. The van der Waals surface area contributed by atoms with E-state index in [9.17, 15) is 9.90 Å². The second kappa shape index (κ2) is 2.23. The van der Waals surface area contributed by atoms with E-state index in [1.54, 1.807) is 13.8 Å². The number of hydrogen-bond acceptors (Lipinski definition) is 3. The van der Waals surface area contributed by atoms with Crippen LogP contribution in [-0.2, 0) is 9.53 Å². The van der Waals surface area contributed by atoms with Gasteiger partial charge in [0.15, 0.2) is 0 Å². The second-order valence-corrected chi connectivity index (χ2v) is 3.24. The molecular formula is C7H12O3. The van der Waals surface area contributed by atoms with Crippen molar-refractivity contribution in [1.82, 2.24) is 0 Å². The smallest absolute Gasteiger partial charge is 0.306 e. The summed E-state index contributed by atoms with van der Waals surface area (Å²) in [5.74, 6) is -0.230. The van der Waals surface area contributed by atoms with E-state index >= 15 is 0 Å². The van der Waals surface area contributed by atoms with E-state index in [2.05, 4.69) is 0 Å². The minimum Gasteiger partial charge on any atom is -0.465 e. The Balaban J connectivity index is 2.53. The van der Waals surface area contributed by atoms with E-state index in [-0.39, 0.29) is 11.9 Å². The Morgan fingerprint density at radius 2 is 2.30 bits per heavy atom. The molecule has 1 rings (SSSR count). The van der Waals surface area contributed by atoms with E-state index < -0.39 is 5.60 Å². The molecule has 1 saturated heterocycles. The third kappa shape index (κ3) is 1.48. The summed E-state index contributed by atoms with van der Waals surface area (Å²) in [5.41, 5.74) is -0.786. The lowest BCUT2D eigenvalue weighted by Gasteiger charge is -2.22. The number of cyclic esters (lactones) is 1. The molecule has 0 aromatic heterocycles. The van der Waals surface area contributed by atoms with Crippen molar-refractivity contribution in [3.8, 4) is 0 Å². The maximum atomic E-state index is 10.6. The first-order valence-corrected chi connectivity index (χ1v) is 3.38. The molecule has 1 atom stereocenters. The maximum Gasteiger partial charge on any atom is 0.306 e. The van der Waals surface area contributed by atoms with Crippen LogP contribution in [0.2, 0.25) is 0 Å². The number of esters is 1. The highest BCUT2D eigenvalue weighted by atomic mass is 16.5. The third-order valence-electron chi connectivity index (χ3n) is 1.86. The summed E-state index contributed by atoms with van der Waals surface area (Å²) in [5, 5.41) is 9.40. The first-order chi connectivity index (χ1) is 4.50. The predicted octanol–water partition coefficient (Wildman–Crippen LogP) is 0.320. The molecule has 10 heavy (non-hydrogen) atoms. The number of ether oxygens (including phenoxy) is 1. The molecule has 1 fully saturated rings. The summed E-state index contributed by atoms with van der Waals surface area (Å²) in [4.78, 5) is 10.6. The van der Waals surface area contributed by atoms with E-state index in [0.29, 0.717) is 13.0 Å². The van der Waals surface area contributed by atoms with Crippen LogP contribution < -0.4 is 0 Å². The van der Waals surface area contributed by atoms with Crippen molar-refractivity contribution < 1.29 is 14.6 Å². The summed E-state index contributed by atoms with van der Waals surface area (Å²) in [6, 6.07) is 0. The Morgan fingerprint density at radius 3 is 2.50 bits per heavy atom. The van der Waals surface area contributed by atoms with Gasteiger partial charge in [0.25, 0.3) is 0 Å². The molecule has 0 saturated carbocycles. The summed E-state index contributed by atoms with van der Waals surface area (Å²) in [6.07, 6.45) is 0.351. The fourth-order valence-electron chi connectivity index (χ4n) is 0.966. The molecule has 0 radical (unpaired) electrons. The highest BCUT2D eigenvalue weighted by Crippen LogP contribution is 2.25. The largest absolute Gasteiger partial charge is 0.465 e. The molecule has 58 valence electrons. The lowest BCUT2D eigenvalue weighted by atomic mass is 9.91. The molecule has 0 spiro atoms. The van der Waals surface area contributed by atoms with Crippen molar-refractivity contribution in [3.63, 3.8) is 0 Å². The van der Waals surface area contributed by atoms with E-state index in [0.717, 1.165) is 0 Å².